The standard InChI is InChI=1S/C11H24N2/c1-8(2)12-7-13(9(3)4)11(6)10(12)5/h8-11H,7H2,1-6H3. The topological polar surface area (TPSA) is 6.48 Å². The Labute approximate surface area is 82.9 Å². The van der Waals surface area contributed by atoms with E-state index in [1.807, 2.05) is 0 Å². The minimum Gasteiger partial charge on any atom is -0.284 e. The van der Waals surface area contributed by atoms with Gasteiger partial charge in [0.15, 0.2) is 0 Å². The summed E-state index contributed by atoms with van der Waals surface area (Å²) in [7, 11) is 0. The van der Waals surface area contributed by atoms with Gasteiger partial charge >= 0.3 is 0 Å². The van der Waals surface area contributed by atoms with Crippen LogP contribution in [0.5, 0.6) is 0 Å². The predicted molar refractivity (Wildman–Crippen MR) is 57.7 cm³/mol. The van der Waals surface area contributed by atoms with Crippen molar-refractivity contribution in [2.24, 2.45) is 0 Å². The summed E-state index contributed by atoms with van der Waals surface area (Å²) in [5.41, 5.74) is 0. The number of nitrogens with zero attached hydrogens (tertiary/aromatic N) is 2. The second-order valence-corrected chi connectivity index (χ2v) is 4.84. The van der Waals surface area contributed by atoms with Crippen LogP contribution in [0.1, 0.15) is 41.5 Å². The summed E-state index contributed by atoms with van der Waals surface area (Å²) in [5.74, 6) is 0. The van der Waals surface area contributed by atoms with Gasteiger partial charge < -0.3 is 0 Å². The molecular weight excluding hydrogens is 160 g/mol. The van der Waals surface area contributed by atoms with Gasteiger partial charge in [0.2, 0.25) is 0 Å². The van der Waals surface area contributed by atoms with E-state index >= 15 is 0 Å². The van der Waals surface area contributed by atoms with E-state index in [1.165, 1.54) is 0 Å². The average Bonchev–Trinajstić information content (AvgIpc) is 2.29. The minimum atomic E-state index is 0.668. The van der Waals surface area contributed by atoms with Crippen LogP contribution in [-0.2, 0) is 0 Å². The highest BCUT2D eigenvalue weighted by Gasteiger charge is 2.36. The summed E-state index contributed by atoms with van der Waals surface area (Å²) in [6, 6.07) is 2.73. The van der Waals surface area contributed by atoms with Gasteiger partial charge in [0.1, 0.15) is 0 Å². The molecule has 2 unspecified atom stereocenters. The lowest BCUT2D eigenvalue weighted by Gasteiger charge is -2.25. The number of hydrogen-bond donors (Lipinski definition) is 0. The maximum atomic E-state index is 2.57. The third kappa shape index (κ3) is 2.05. The molecule has 1 rings (SSSR count). The lowest BCUT2D eigenvalue weighted by molar-refractivity contribution is 0.165. The van der Waals surface area contributed by atoms with Crippen LogP contribution in [0.4, 0.5) is 0 Å². The van der Waals surface area contributed by atoms with Gasteiger partial charge in [-0.15, -0.1) is 0 Å². The molecule has 0 amide bonds. The summed E-state index contributed by atoms with van der Waals surface area (Å²) >= 11 is 0. The number of hydrogen-bond acceptors (Lipinski definition) is 2. The SMILES string of the molecule is CC(C)N1CN(C(C)C)C(C)C1C. The highest BCUT2D eigenvalue weighted by atomic mass is 15.4. The molecule has 2 nitrogen and oxygen atoms in total. The molecule has 1 heterocycles. The summed E-state index contributed by atoms with van der Waals surface area (Å²) in [6.45, 7) is 15.0. The first-order chi connectivity index (χ1) is 5.95. The molecular formula is C11H24N2. The molecule has 1 fully saturated rings. The highest BCUT2D eigenvalue weighted by Crippen LogP contribution is 2.24. The first-order valence-electron chi connectivity index (χ1n) is 5.46. The third-order valence-electron chi connectivity index (χ3n) is 3.40. The lowest BCUT2D eigenvalue weighted by Crippen LogP contribution is -2.36. The Morgan fingerprint density at radius 2 is 1.15 bits per heavy atom. The van der Waals surface area contributed by atoms with Crippen molar-refractivity contribution in [1.82, 2.24) is 9.80 Å². The van der Waals surface area contributed by atoms with Gasteiger partial charge in [-0.2, -0.15) is 0 Å². The van der Waals surface area contributed by atoms with Crippen molar-refractivity contribution in [3.63, 3.8) is 0 Å². The van der Waals surface area contributed by atoms with E-state index in [-0.39, 0.29) is 0 Å². The molecule has 0 N–H and O–H groups in total. The Morgan fingerprint density at radius 1 is 0.846 bits per heavy atom. The molecule has 0 aliphatic carbocycles. The van der Waals surface area contributed by atoms with Gasteiger partial charge in [-0.25, -0.2) is 0 Å². The van der Waals surface area contributed by atoms with Crippen molar-refractivity contribution in [1.29, 1.82) is 0 Å². The lowest BCUT2D eigenvalue weighted by atomic mass is 10.1. The Morgan fingerprint density at radius 3 is 1.31 bits per heavy atom. The van der Waals surface area contributed by atoms with Crippen molar-refractivity contribution < 1.29 is 0 Å². The minimum absolute atomic E-state index is 0.668. The smallest absolute Gasteiger partial charge is 0.0517 e. The number of rotatable bonds is 2. The summed E-state index contributed by atoms with van der Waals surface area (Å²) in [4.78, 5) is 5.15. The van der Waals surface area contributed by atoms with E-state index < -0.39 is 0 Å². The van der Waals surface area contributed by atoms with E-state index in [0.29, 0.717) is 24.2 Å². The molecule has 0 aromatic heterocycles. The van der Waals surface area contributed by atoms with Gasteiger partial charge in [0.05, 0.1) is 6.67 Å². The predicted octanol–water partition coefficient (Wildman–Crippen LogP) is 2.16. The normalized spacial score (nSPS) is 32.3. The Kier molecular flexibility index (Phi) is 3.36. The van der Waals surface area contributed by atoms with Crippen LogP contribution in [-0.4, -0.2) is 40.6 Å². The van der Waals surface area contributed by atoms with Crippen molar-refractivity contribution in [2.45, 2.75) is 65.7 Å². The van der Waals surface area contributed by atoms with Gasteiger partial charge in [0.25, 0.3) is 0 Å². The fourth-order valence-corrected chi connectivity index (χ4v) is 2.27. The molecule has 1 saturated heterocycles. The summed E-state index contributed by atoms with van der Waals surface area (Å²) < 4.78 is 0. The summed E-state index contributed by atoms with van der Waals surface area (Å²) in [5, 5.41) is 0. The molecule has 1 aliphatic rings. The van der Waals surface area contributed by atoms with E-state index in [1.54, 1.807) is 0 Å². The fourth-order valence-electron chi connectivity index (χ4n) is 2.27. The molecule has 78 valence electrons. The highest BCUT2D eigenvalue weighted by molar-refractivity contribution is 4.90. The van der Waals surface area contributed by atoms with Crippen LogP contribution in [0.25, 0.3) is 0 Å². The zero-order valence-electron chi connectivity index (χ0n) is 9.91. The first-order valence-corrected chi connectivity index (χ1v) is 5.46. The Hall–Kier alpha value is -0.0800. The monoisotopic (exact) mass is 184 g/mol. The zero-order chi connectivity index (χ0) is 10.2. The molecule has 0 radical (unpaired) electrons. The van der Waals surface area contributed by atoms with Gasteiger partial charge in [-0.1, -0.05) is 0 Å². The maximum Gasteiger partial charge on any atom is 0.0517 e. The maximum absolute atomic E-state index is 2.57. The zero-order valence-corrected chi connectivity index (χ0v) is 9.91. The van der Waals surface area contributed by atoms with Crippen molar-refractivity contribution in [3.8, 4) is 0 Å². The van der Waals surface area contributed by atoms with Crippen LogP contribution in [0, 0.1) is 0 Å². The molecule has 0 bridgehead atoms. The second kappa shape index (κ2) is 3.97. The molecule has 1 aliphatic heterocycles. The van der Waals surface area contributed by atoms with Crippen LogP contribution >= 0.6 is 0 Å². The molecule has 0 aromatic carbocycles. The molecule has 0 aromatic rings. The molecule has 0 saturated carbocycles. The fraction of sp³-hybridized carbons (Fsp3) is 1.00. The second-order valence-electron chi connectivity index (χ2n) is 4.84. The van der Waals surface area contributed by atoms with Gasteiger partial charge in [0, 0.05) is 24.2 Å². The molecule has 2 heteroatoms. The van der Waals surface area contributed by atoms with Crippen molar-refractivity contribution >= 4 is 0 Å². The van der Waals surface area contributed by atoms with Crippen molar-refractivity contribution in [2.75, 3.05) is 6.67 Å². The Bertz CT molecular complexity index is 147. The van der Waals surface area contributed by atoms with Crippen LogP contribution in [0.2, 0.25) is 0 Å². The largest absolute Gasteiger partial charge is 0.284 e. The molecule has 0 spiro atoms. The van der Waals surface area contributed by atoms with Crippen LogP contribution in [0.3, 0.4) is 0 Å². The van der Waals surface area contributed by atoms with E-state index in [0.717, 1.165) is 6.67 Å². The van der Waals surface area contributed by atoms with Crippen LogP contribution in [0.15, 0.2) is 0 Å². The summed E-state index contributed by atoms with van der Waals surface area (Å²) in [6.07, 6.45) is 0. The van der Waals surface area contributed by atoms with Crippen LogP contribution < -0.4 is 0 Å². The van der Waals surface area contributed by atoms with E-state index in [2.05, 4.69) is 51.3 Å². The van der Waals surface area contributed by atoms with E-state index in [4.69, 9.17) is 0 Å². The quantitative estimate of drug-likeness (QED) is 0.649. The first kappa shape index (κ1) is 11.0. The molecule has 13 heavy (non-hydrogen) atoms. The Balaban J connectivity index is 2.66. The molecule has 2 atom stereocenters. The van der Waals surface area contributed by atoms with Crippen molar-refractivity contribution in [3.05, 3.63) is 0 Å². The van der Waals surface area contributed by atoms with Gasteiger partial charge in [-0.3, -0.25) is 9.80 Å². The van der Waals surface area contributed by atoms with Gasteiger partial charge in [-0.05, 0) is 41.5 Å². The average molecular weight is 184 g/mol. The third-order valence-corrected chi connectivity index (χ3v) is 3.40. The van der Waals surface area contributed by atoms with E-state index in [9.17, 15) is 0 Å².